The van der Waals surface area contributed by atoms with E-state index in [0.717, 1.165) is 15.1 Å². The summed E-state index contributed by atoms with van der Waals surface area (Å²) >= 11 is 3.34. The highest BCUT2D eigenvalue weighted by atomic mass is 79.9. The molecule has 15 heavy (non-hydrogen) atoms. The molecule has 2 rings (SSSR count). The first-order valence-electron chi connectivity index (χ1n) is 5.10. The van der Waals surface area contributed by atoms with Crippen LogP contribution in [-0.4, -0.2) is 9.96 Å². The Morgan fingerprint density at radius 2 is 2.20 bits per heavy atom. The van der Waals surface area contributed by atoms with Crippen molar-refractivity contribution in [3.63, 3.8) is 0 Å². The van der Waals surface area contributed by atoms with Gasteiger partial charge in [0.15, 0.2) is 0 Å². The lowest BCUT2D eigenvalue weighted by Gasteiger charge is -2.24. The van der Waals surface area contributed by atoms with Crippen LogP contribution in [0.25, 0.3) is 0 Å². The number of nitrogens with two attached hydrogens (primary N) is 1. The molecule has 0 spiro atoms. The second-order valence-corrected chi connectivity index (χ2v) is 6.37. The monoisotopic (exact) mass is 287 g/mol. The smallest absolute Gasteiger partial charge is 0.0618 e. The quantitative estimate of drug-likeness (QED) is 0.869. The maximum Gasteiger partial charge on any atom is 0.0618 e. The summed E-state index contributed by atoms with van der Waals surface area (Å²) in [4.78, 5) is 0.783. The van der Waals surface area contributed by atoms with Crippen LogP contribution in [0.2, 0.25) is 0 Å². The van der Waals surface area contributed by atoms with Crippen molar-refractivity contribution in [2.24, 2.45) is 5.92 Å². The highest BCUT2D eigenvalue weighted by Crippen LogP contribution is 2.30. The van der Waals surface area contributed by atoms with Crippen molar-refractivity contribution in [2.75, 3.05) is 11.5 Å². The predicted octanol–water partition coefficient (Wildman–Crippen LogP) is 2.94. The first-order valence-corrected chi connectivity index (χ1v) is 7.21. The zero-order valence-electron chi connectivity index (χ0n) is 8.41. The Kier molecular flexibility index (Phi) is 3.46. The van der Waals surface area contributed by atoms with E-state index in [9.17, 15) is 4.21 Å². The second kappa shape index (κ2) is 4.66. The number of nitrogen functional groups attached to an aromatic ring is 1. The van der Waals surface area contributed by atoms with Crippen LogP contribution in [0.4, 0.5) is 5.69 Å². The number of hydrogen-bond acceptors (Lipinski definition) is 2. The molecule has 4 heteroatoms. The highest BCUT2D eigenvalue weighted by Gasteiger charge is 2.21. The van der Waals surface area contributed by atoms with Crippen molar-refractivity contribution in [3.8, 4) is 0 Å². The summed E-state index contributed by atoms with van der Waals surface area (Å²) in [6.07, 6.45) is 3.74. The number of hydrogen-bond donors (Lipinski definition) is 1. The third-order valence-corrected chi connectivity index (χ3v) is 4.96. The molecule has 0 amide bonds. The van der Waals surface area contributed by atoms with Crippen LogP contribution in [0, 0.1) is 5.92 Å². The van der Waals surface area contributed by atoms with Crippen LogP contribution in [-0.2, 0) is 10.8 Å². The van der Waals surface area contributed by atoms with Gasteiger partial charge in [0.2, 0.25) is 0 Å². The number of halogens is 1. The summed E-state index contributed by atoms with van der Waals surface area (Å²) < 4.78 is 12.9. The largest absolute Gasteiger partial charge is 0.398 e. The lowest BCUT2D eigenvalue weighted by Crippen LogP contribution is -2.19. The Balaban J connectivity index is 2.10. The average Bonchev–Trinajstić information content (AvgIpc) is 2.11. The minimum atomic E-state index is -0.928. The van der Waals surface area contributed by atoms with Crippen molar-refractivity contribution in [2.45, 2.75) is 24.2 Å². The van der Waals surface area contributed by atoms with Gasteiger partial charge in [-0.3, -0.25) is 4.21 Å². The molecule has 1 unspecified atom stereocenters. The molecule has 2 N–H and O–H groups in total. The van der Waals surface area contributed by atoms with Crippen LogP contribution in [0.5, 0.6) is 0 Å². The molecule has 0 bridgehead atoms. The van der Waals surface area contributed by atoms with Gasteiger partial charge in [-0.2, -0.15) is 0 Å². The summed E-state index contributed by atoms with van der Waals surface area (Å²) in [6, 6.07) is 5.56. The molecule has 0 saturated heterocycles. The molecule has 1 atom stereocenters. The maximum atomic E-state index is 12.0. The molecule has 1 aliphatic carbocycles. The first kappa shape index (κ1) is 11.1. The normalized spacial score (nSPS) is 18.5. The Labute approximate surface area is 101 Å². The lowest BCUT2D eigenvalue weighted by atomic mass is 9.87. The van der Waals surface area contributed by atoms with Gasteiger partial charge < -0.3 is 5.73 Å². The summed E-state index contributed by atoms with van der Waals surface area (Å²) in [5, 5.41) is 0. The highest BCUT2D eigenvalue weighted by molar-refractivity contribution is 9.10. The third kappa shape index (κ3) is 2.61. The van der Waals surface area contributed by atoms with E-state index in [4.69, 9.17) is 5.73 Å². The molecular formula is C11H14BrNOS. The summed E-state index contributed by atoms with van der Waals surface area (Å²) in [5.41, 5.74) is 6.46. The Morgan fingerprint density at radius 1 is 1.47 bits per heavy atom. The van der Waals surface area contributed by atoms with Gasteiger partial charge in [-0.05, 0) is 37.0 Å². The van der Waals surface area contributed by atoms with Gasteiger partial charge in [0, 0.05) is 15.9 Å². The molecule has 0 aromatic heterocycles. The molecule has 0 aliphatic heterocycles. The molecule has 2 nitrogen and oxygen atoms in total. The van der Waals surface area contributed by atoms with E-state index in [1.54, 1.807) is 0 Å². The molecule has 1 saturated carbocycles. The van der Waals surface area contributed by atoms with E-state index >= 15 is 0 Å². The molecular weight excluding hydrogens is 274 g/mol. The Morgan fingerprint density at radius 3 is 2.73 bits per heavy atom. The van der Waals surface area contributed by atoms with Crippen LogP contribution in [0.3, 0.4) is 0 Å². The summed E-state index contributed by atoms with van der Waals surface area (Å²) in [6.45, 7) is 0. The van der Waals surface area contributed by atoms with Crippen LogP contribution >= 0.6 is 15.9 Å². The van der Waals surface area contributed by atoms with E-state index < -0.39 is 10.8 Å². The molecule has 0 radical (unpaired) electrons. The lowest BCUT2D eigenvalue weighted by molar-refractivity contribution is 0.350. The Hall–Kier alpha value is -0.350. The van der Waals surface area contributed by atoms with E-state index in [2.05, 4.69) is 15.9 Å². The van der Waals surface area contributed by atoms with Crippen LogP contribution in [0.15, 0.2) is 27.6 Å². The van der Waals surface area contributed by atoms with Crippen LogP contribution in [0.1, 0.15) is 19.3 Å². The van der Waals surface area contributed by atoms with Gasteiger partial charge in [-0.1, -0.05) is 22.4 Å². The molecule has 1 aromatic carbocycles. The van der Waals surface area contributed by atoms with Crippen molar-refractivity contribution in [3.05, 3.63) is 22.7 Å². The van der Waals surface area contributed by atoms with Gasteiger partial charge >= 0.3 is 0 Å². The number of anilines is 1. The zero-order valence-corrected chi connectivity index (χ0v) is 10.8. The van der Waals surface area contributed by atoms with Crippen molar-refractivity contribution in [1.29, 1.82) is 0 Å². The zero-order chi connectivity index (χ0) is 10.8. The minimum Gasteiger partial charge on any atom is -0.398 e. The Bertz CT molecular complexity index is 390. The predicted molar refractivity (Wildman–Crippen MR) is 67.2 cm³/mol. The van der Waals surface area contributed by atoms with E-state index in [0.29, 0.717) is 11.6 Å². The molecule has 0 heterocycles. The van der Waals surface area contributed by atoms with E-state index in [1.165, 1.54) is 19.3 Å². The van der Waals surface area contributed by atoms with Crippen molar-refractivity contribution >= 4 is 32.4 Å². The van der Waals surface area contributed by atoms with Crippen molar-refractivity contribution in [1.82, 2.24) is 0 Å². The standard InChI is InChI=1S/C11H14BrNOS/c12-9-4-5-11(10(13)6-9)15(14)7-8-2-1-3-8/h4-6,8H,1-3,7,13H2. The third-order valence-electron chi connectivity index (χ3n) is 2.83. The molecule has 82 valence electrons. The van der Waals surface area contributed by atoms with Gasteiger partial charge in [0.05, 0.1) is 15.7 Å². The SMILES string of the molecule is Nc1cc(Br)ccc1S(=O)CC1CCC1. The van der Waals surface area contributed by atoms with Gasteiger partial charge in [0.1, 0.15) is 0 Å². The van der Waals surface area contributed by atoms with Gasteiger partial charge in [-0.25, -0.2) is 0 Å². The topological polar surface area (TPSA) is 43.1 Å². The minimum absolute atomic E-state index is 0.627. The molecule has 1 aromatic rings. The maximum absolute atomic E-state index is 12.0. The molecule has 1 aliphatic rings. The number of benzene rings is 1. The number of rotatable bonds is 3. The van der Waals surface area contributed by atoms with Crippen molar-refractivity contribution < 1.29 is 4.21 Å². The fraction of sp³-hybridized carbons (Fsp3) is 0.455. The fourth-order valence-corrected chi connectivity index (χ4v) is 3.55. The summed E-state index contributed by atoms with van der Waals surface area (Å²) in [5.74, 6) is 1.42. The fourth-order valence-electron chi connectivity index (χ4n) is 1.69. The first-order chi connectivity index (χ1) is 7.16. The summed E-state index contributed by atoms with van der Waals surface area (Å²) in [7, 11) is -0.928. The van der Waals surface area contributed by atoms with Gasteiger partial charge in [-0.15, -0.1) is 0 Å². The van der Waals surface area contributed by atoms with E-state index in [-0.39, 0.29) is 0 Å². The van der Waals surface area contributed by atoms with E-state index in [1.807, 2.05) is 18.2 Å². The van der Waals surface area contributed by atoms with Crippen LogP contribution < -0.4 is 5.73 Å². The molecule has 1 fully saturated rings. The second-order valence-electron chi connectivity index (χ2n) is 3.99. The van der Waals surface area contributed by atoms with Gasteiger partial charge in [0.25, 0.3) is 0 Å². The average molecular weight is 288 g/mol.